The highest BCUT2D eigenvalue weighted by Gasteiger charge is 2.28. The van der Waals surface area contributed by atoms with Gasteiger partial charge in [0.05, 0.1) is 12.1 Å². The molecule has 0 radical (unpaired) electrons. The standard InChI is InChI=1S/C10H13ClN4O2/c1-5-2-8(11)14-10(13-5)15-9(17)7-3-6(16)4-12-7/h2,6-7,12,16H,3-4H2,1H3,(H,13,14,15,17). The fourth-order valence-electron chi connectivity index (χ4n) is 1.70. The molecule has 0 aliphatic carbocycles. The minimum absolute atomic E-state index is 0.184. The molecule has 0 bridgehead atoms. The topological polar surface area (TPSA) is 87.1 Å². The van der Waals surface area contributed by atoms with Gasteiger partial charge in [0.25, 0.3) is 0 Å². The molecule has 0 aromatic carbocycles. The van der Waals surface area contributed by atoms with Crippen LogP contribution in [0, 0.1) is 6.92 Å². The van der Waals surface area contributed by atoms with E-state index in [4.69, 9.17) is 11.6 Å². The number of aryl methyl sites for hydroxylation is 1. The molecule has 1 aromatic heterocycles. The summed E-state index contributed by atoms with van der Waals surface area (Å²) >= 11 is 5.76. The third-order valence-electron chi connectivity index (χ3n) is 2.48. The Labute approximate surface area is 103 Å². The van der Waals surface area contributed by atoms with Gasteiger partial charge in [-0.3, -0.25) is 10.1 Å². The monoisotopic (exact) mass is 256 g/mol. The van der Waals surface area contributed by atoms with Crippen LogP contribution in [0.3, 0.4) is 0 Å². The van der Waals surface area contributed by atoms with Crippen LogP contribution in [-0.2, 0) is 4.79 Å². The number of carbonyl (C=O) groups excluding carboxylic acids is 1. The van der Waals surface area contributed by atoms with E-state index in [0.717, 1.165) is 0 Å². The molecule has 7 heteroatoms. The number of aromatic nitrogens is 2. The Morgan fingerprint density at radius 2 is 2.41 bits per heavy atom. The van der Waals surface area contributed by atoms with Gasteiger partial charge in [-0.15, -0.1) is 0 Å². The van der Waals surface area contributed by atoms with Crippen LogP contribution in [0.4, 0.5) is 5.95 Å². The lowest BCUT2D eigenvalue weighted by molar-refractivity contribution is -0.118. The first-order valence-electron chi connectivity index (χ1n) is 5.28. The summed E-state index contributed by atoms with van der Waals surface area (Å²) in [5.41, 5.74) is 0.680. The van der Waals surface area contributed by atoms with Gasteiger partial charge in [-0.1, -0.05) is 11.6 Å². The summed E-state index contributed by atoms with van der Waals surface area (Å²) in [6.45, 7) is 2.19. The molecule has 2 heterocycles. The van der Waals surface area contributed by atoms with Crippen LogP contribution >= 0.6 is 11.6 Å². The number of hydrogen-bond donors (Lipinski definition) is 3. The van der Waals surface area contributed by atoms with Gasteiger partial charge >= 0.3 is 0 Å². The van der Waals surface area contributed by atoms with E-state index in [2.05, 4.69) is 20.6 Å². The predicted molar refractivity (Wildman–Crippen MR) is 62.8 cm³/mol. The van der Waals surface area contributed by atoms with E-state index in [0.29, 0.717) is 18.7 Å². The van der Waals surface area contributed by atoms with Crippen molar-refractivity contribution in [2.24, 2.45) is 0 Å². The van der Waals surface area contributed by atoms with E-state index >= 15 is 0 Å². The lowest BCUT2D eigenvalue weighted by atomic mass is 10.2. The van der Waals surface area contributed by atoms with Crippen LogP contribution in [0.15, 0.2) is 6.07 Å². The minimum atomic E-state index is -0.479. The summed E-state index contributed by atoms with van der Waals surface area (Å²) in [6.07, 6.45) is -0.0847. The number of nitrogens with one attached hydrogen (secondary N) is 2. The van der Waals surface area contributed by atoms with Crippen LogP contribution in [0.1, 0.15) is 12.1 Å². The van der Waals surface area contributed by atoms with Crippen molar-refractivity contribution in [1.29, 1.82) is 0 Å². The van der Waals surface area contributed by atoms with Gasteiger partial charge < -0.3 is 10.4 Å². The zero-order valence-corrected chi connectivity index (χ0v) is 10.0. The number of halogens is 1. The number of hydrogen-bond acceptors (Lipinski definition) is 5. The highest BCUT2D eigenvalue weighted by atomic mass is 35.5. The maximum absolute atomic E-state index is 11.8. The second-order valence-corrected chi connectivity index (χ2v) is 4.38. The molecule has 6 nitrogen and oxygen atoms in total. The number of aliphatic hydroxyl groups is 1. The maximum Gasteiger partial charge on any atom is 0.243 e. The molecular weight excluding hydrogens is 244 g/mol. The number of β-amino-alcohol motifs (C(OH)–C–C–N with tert-alkyl or cyclic N) is 1. The number of anilines is 1. The highest BCUT2D eigenvalue weighted by Crippen LogP contribution is 2.12. The first-order chi connectivity index (χ1) is 8.04. The van der Waals surface area contributed by atoms with Crippen LogP contribution in [0.25, 0.3) is 0 Å². The molecule has 1 aliphatic rings. The van der Waals surface area contributed by atoms with Crippen molar-refractivity contribution in [3.05, 3.63) is 16.9 Å². The molecular formula is C10H13ClN4O2. The van der Waals surface area contributed by atoms with E-state index in [1.54, 1.807) is 13.0 Å². The molecule has 1 fully saturated rings. The van der Waals surface area contributed by atoms with Crippen molar-refractivity contribution in [2.75, 3.05) is 11.9 Å². The highest BCUT2D eigenvalue weighted by molar-refractivity contribution is 6.29. The minimum Gasteiger partial charge on any atom is -0.392 e. The molecule has 2 rings (SSSR count). The fraction of sp³-hybridized carbons (Fsp3) is 0.500. The van der Waals surface area contributed by atoms with E-state index in [1.165, 1.54) is 0 Å². The van der Waals surface area contributed by atoms with E-state index in [-0.39, 0.29) is 17.0 Å². The van der Waals surface area contributed by atoms with Gasteiger partial charge in [0.1, 0.15) is 5.15 Å². The Bertz CT molecular complexity index is 420. The molecule has 1 aliphatic heterocycles. The normalized spacial score (nSPS) is 23.7. The molecule has 2 unspecified atom stereocenters. The molecule has 1 saturated heterocycles. The van der Waals surface area contributed by atoms with Crippen LogP contribution < -0.4 is 10.6 Å². The summed E-state index contributed by atoms with van der Waals surface area (Å²) in [5.74, 6) is -0.0774. The predicted octanol–water partition coefficient (Wildman–Crippen LogP) is 0.0997. The average molecular weight is 257 g/mol. The Balaban J connectivity index is 2.03. The Kier molecular flexibility index (Phi) is 3.56. The van der Waals surface area contributed by atoms with Crippen molar-refractivity contribution in [3.63, 3.8) is 0 Å². The largest absolute Gasteiger partial charge is 0.392 e. The second-order valence-electron chi connectivity index (χ2n) is 4.00. The molecule has 1 amide bonds. The van der Waals surface area contributed by atoms with Gasteiger partial charge in [-0.2, -0.15) is 0 Å². The molecule has 1 aromatic rings. The summed E-state index contributed by atoms with van der Waals surface area (Å²) in [5, 5.41) is 15.1. The van der Waals surface area contributed by atoms with Crippen molar-refractivity contribution in [2.45, 2.75) is 25.5 Å². The van der Waals surface area contributed by atoms with Crippen molar-refractivity contribution in [3.8, 4) is 0 Å². The third kappa shape index (κ3) is 3.12. The van der Waals surface area contributed by atoms with Crippen molar-refractivity contribution in [1.82, 2.24) is 15.3 Å². The fourth-order valence-corrected chi connectivity index (χ4v) is 1.94. The Hall–Kier alpha value is -1.24. The molecule has 92 valence electrons. The second kappa shape index (κ2) is 4.95. The first-order valence-corrected chi connectivity index (χ1v) is 5.66. The first kappa shape index (κ1) is 12.2. The number of rotatable bonds is 2. The molecule has 3 N–H and O–H groups in total. The van der Waals surface area contributed by atoms with Crippen molar-refractivity contribution >= 4 is 23.5 Å². The van der Waals surface area contributed by atoms with Crippen LogP contribution in [0.5, 0.6) is 0 Å². The van der Waals surface area contributed by atoms with Crippen LogP contribution in [-0.4, -0.2) is 39.7 Å². The SMILES string of the molecule is Cc1cc(Cl)nc(NC(=O)C2CC(O)CN2)n1. The lowest BCUT2D eigenvalue weighted by Crippen LogP contribution is -2.36. The number of nitrogens with zero attached hydrogens (tertiary/aromatic N) is 2. The summed E-state index contributed by atoms with van der Waals surface area (Å²) in [7, 11) is 0. The number of carbonyl (C=O) groups is 1. The maximum atomic E-state index is 11.8. The zero-order chi connectivity index (χ0) is 12.4. The van der Waals surface area contributed by atoms with Gasteiger partial charge in [0, 0.05) is 12.2 Å². The smallest absolute Gasteiger partial charge is 0.243 e. The summed E-state index contributed by atoms with van der Waals surface area (Å²) in [4.78, 5) is 19.7. The Morgan fingerprint density at radius 1 is 1.65 bits per heavy atom. The van der Waals surface area contributed by atoms with Crippen molar-refractivity contribution < 1.29 is 9.90 Å². The van der Waals surface area contributed by atoms with Crippen LogP contribution in [0.2, 0.25) is 5.15 Å². The van der Waals surface area contributed by atoms with Gasteiger partial charge in [-0.25, -0.2) is 9.97 Å². The van der Waals surface area contributed by atoms with E-state index in [1.807, 2.05) is 0 Å². The average Bonchev–Trinajstić information content (AvgIpc) is 2.63. The molecule has 17 heavy (non-hydrogen) atoms. The number of amides is 1. The van der Waals surface area contributed by atoms with Gasteiger partial charge in [-0.05, 0) is 19.4 Å². The molecule has 2 atom stereocenters. The quantitative estimate of drug-likeness (QED) is 0.654. The van der Waals surface area contributed by atoms with E-state index in [9.17, 15) is 9.90 Å². The Morgan fingerprint density at radius 3 is 3.00 bits per heavy atom. The van der Waals surface area contributed by atoms with Gasteiger partial charge in [0.15, 0.2) is 0 Å². The summed E-state index contributed by atoms with van der Waals surface area (Å²) in [6, 6.07) is 1.20. The molecule has 0 spiro atoms. The van der Waals surface area contributed by atoms with E-state index < -0.39 is 12.1 Å². The van der Waals surface area contributed by atoms with Gasteiger partial charge in [0.2, 0.25) is 11.9 Å². The zero-order valence-electron chi connectivity index (χ0n) is 9.27. The summed E-state index contributed by atoms with van der Waals surface area (Å²) < 4.78 is 0. The number of aliphatic hydroxyl groups excluding tert-OH is 1. The molecule has 0 saturated carbocycles. The lowest BCUT2D eigenvalue weighted by Gasteiger charge is -2.10. The third-order valence-corrected chi connectivity index (χ3v) is 2.68.